The van der Waals surface area contributed by atoms with E-state index in [0.29, 0.717) is 5.82 Å². The normalized spacial score (nSPS) is 25.9. The van der Waals surface area contributed by atoms with Crippen LogP contribution in [0, 0.1) is 22.7 Å². The fraction of sp³-hybridized carbons (Fsp3) is 0.600. The van der Waals surface area contributed by atoms with Gasteiger partial charge in [0, 0.05) is 23.4 Å². The first-order valence-electron chi connectivity index (χ1n) is 9.65. The molecule has 2 atom stereocenters. The number of nitrogens with zero attached hydrogens (tertiary/aromatic N) is 7. The molecule has 0 N–H and O–H groups in total. The van der Waals surface area contributed by atoms with Gasteiger partial charge in [-0.1, -0.05) is 26.8 Å². The lowest BCUT2D eigenvalue weighted by Gasteiger charge is -2.49. The molecule has 0 amide bonds. The first-order valence-corrected chi connectivity index (χ1v) is 9.65. The Balaban J connectivity index is 1.91. The molecule has 28 heavy (non-hydrogen) atoms. The minimum absolute atomic E-state index is 0.0707. The zero-order chi connectivity index (χ0) is 20.4. The monoisotopic (exact) mass is 379 g/mol. The lowest BCUT2D eigenvalue weighted by Crippen LogP contribution is -2.51. The van der Waals surface area contributed by atoms with Crippen LogP contribution >= 0.6 is 0 Å². The summed E-state index contributed by atoms with van der Waals surface area (Å²) in [4.78, 5) is 14.4. The van der Waals surface area contributed by atoms with Crippen molar-refractivity contribution in [3.63, 3.8) is 0 Å². The Kier molecular flexibility index (Phi) is 3.86. The SMILES string of the molecule is CC(C)n1nnc(-c2c3c(nn2C)[C@@]2(C)C=C(C#N)C(=O)C(C)(C)[C@@H]2CC3)n1. The summed E-state index contributed by atoms with van der Waals surface area (Å²) in [7, 11) is 1.89. The standard InChI is InChI=1S/C20H25N7O/c1-11(2)27-24-18(22-25-27)15-13-7-8-14-19(3,4)17(28)12(10-21)9-20(14,5)16(13)23-26(15)6/h9,11,14H,7-8H2,1-6H3/t14-,20-/m0/s1. The van der Waals surface area contributed by atoms with E-state index < -0.39 is 10.8 Å². The van der Waals surface area contributed by atoms with Gasteiger partial charge in [-0.25, -0.2) is 0 Å². The smallest absolute Gasteiger partial charge is 0.223 e. The number of fused-ring (bicyclic) bond motifs is 3. The second kappa shape index (κ2) is 5.84. The predicted molar refractivity (Wildman–Crippen MR) is 102 cm³/mol. The molecule has 0 spiro atoms. The fourth-order valence-corrected chi connectivity index (χ4v) is 5.04. The summed E-state index contributed by atoms with van der Waals surface area (Å²) in [6.45, 7) is 10.0. The molecule has 0 fully saturated rings. The minimum Gasteiger partial charge on any atom is -0.293 e. The maximum Gasteiger partial charge on any atom is 0.223 e. The molecule has 2 aliphatic carbocycles. The zero-order valence-electron chi connectivity index (χ0n) is 17.2. The number of carbonyl (C=O) groups is 1. The number of carbonyl (C=O) groups excluding carboxylic acids is 1. The quantitative estimate of drug-likeness (QED) is 0.794. The summed E-state index contributed by atoms with van der Waals surface area (Å²) in [5.41, 5.74) is 2.00. The van der Waals surface area contributed by atoms with Crippen LogP contribution in [-0.2, 0) is 23.7 Å². The number of aryl methyl sites for hydroxylation is 1. The number of hydrogen-bond donors (Lipinski definition) is 0. The van der Waals surface area contributed by atoms with E-state index in [1.807, 2.05) is 45.5 Å². The van der Waals surface area contributed by atoms with Gasteiger partial charge in [-0.05, 0) is 37.8 Å². The van der Waals surface area contributed by atoms with E-state index in [9.17, 15) is 10.1 Å². The minimum atomic E-state index is -0.608. The van der Waals surface area contributed by atoms with E-state index in [4.69, 9.17) is 5.10 Å². The number of hydrogen-bond acceptors (Lipinski definition) is 6. The second-order valence-corrected chi connectivity index (χ2v) is 8.92. The maximum absolute atomic E-state index is 12.8. The molecule has 0 aliphatic heterocycles. The van der Waals surface area contributed by atoms with Crippen molar-refractivity contribution < 1.29 is 4.79 Å². The molecule has 146 valence electrons. The van der Waals surface area contributed by atoms with Gasteiger partial charge in [0.05, 0.1) is 17.3 Å². The number of allylic oxidation sites excluding steroid dienone is 2. The molecule has 0 bridgehead atoms. The molecule has 0 aromatic carbocycles. The molecule has 0 radical (unpaired) electrons. The van der Waals surface area contributed by atoms with E-state index >= 15 is 0 Å². The lowest BCUT2D eigenvalue weighted by atomic mass is 9.52. The van der Waals surface area contributed by atoms with Gasteiger partial charge in [0.15, 0.2) is 5.78 Å². The molecular weight excluding hydrogens is 354 g/mol. The third-order valence-electron chi connectivity index (χ3n) is 6.43. The number of tetrazole rings is 1. The second-order valence-electron chi connectivity index (χ2n) is 8.92. The first-order chi connectivity index (χ1) is 13.1. The Labute approximate surface area is 164 Å². The summed E-state index contributed by atoms with van der Waals surface area (Å²) >= 11 is 0. The predicted octanol–water partition coefficient (Wildman–Crippen LogP) is 2.53. The molecule has 2 heterocycles. The summed E-state index contributed by atoms with van der Waals surface area (Å²) < 4.78 is 1.81. The van der Waals surface area contributed by atoms with E-state index in [1.54, 1.807) is 4.80 Å². The summed E-state index contributed by atoms with van der Waals surface area (Å²) in [6.07, 6.45) is 3.47. The summed E-state index contributed by atoms with van der Waals surface area (Å²) in [6, 6.07) is 2.23. The van der Waals surface area contributed by atoms with Crippen molar-refractivity contribution in [2.24, 2.45) is 18.4 Å². The van der Waals surface area contributed by atoms with Crippen molar-refractivity contribution in [1.82, 2.24) is 30.0 Å². The average Bonchev–Trinajstić information content (AvgIpc) is 3.23. The van der Waals surface area contributed by atoms with Gasteiger partial charge in [-0.15, -0.1) is 10.2 Å². The number of nitriles is 1. The maximum atomic E-state index is 12.8. The third kappa shape index (κ3) is 2.32. The Bertz CT molecular complexity index is 1050. The average molecular weight is 379 g/mol. The Morgan fingerprint density at radius 3 is 2.61 bits per heavy atom. The molecule has 0 saturated carbocycles. The number of aromatic nitrogens is 6. The van der Waals surface area contributed by atoms with Gasteiger partial charge < -0.3 is 0 Å². The van der Waals surface area contributed by atoms with Crippen molar-refractivity contribution in [3.8, 4) is 17.6 Å². The van der Waals surface area contributed by atoms with Crippen LogP contribution in [0.5, 0.6) is 0 Å². The van der Waals surface area contributed by atoms with Crippen LogP contribution in [0.4, 0.5) is 0 Å². The zero-order valence-corrected chi connectivity index (χ0v) is 17.2. The van der Waals surface area contributed by atoms with Crippen LogP contribution in [0.3, 0.4) is 0 Å². The van der Waals surface area contributed by atoms with E-state index in [-0.39, 0.29) is 23.3 Å². The highest BCUT2D eigenvalue weighted by Gasteiger charge is 2.55. The Hall–Kier alpha value is -2.82. The lowest BCUT2D eigenvalue weighted by molar-refractivity contribution is -0.128. The third-order valence-corrected chi connectivity index (χ3v) is 6.43. The topological polar surface area (TPSA) is 102 Å². The van der Waals surface area contributed by atoms with Crippen LogP contribution in [0.1, 0.15) is 58.3 Å². The van der Waals surface area contributed by atoms with Crippen molar-refractivity contribution in [1.29, 1.82) is 5.26 Å². The van der Waals surface area contributed by atoms with Crippen molar-refractivity contribution in [2.75, 3.05) is 0 Å². The van der Waals surface area contributed by atoms with Gasteiger partial charge in [0.2, 0.25) is 5.82 Å². The molecule has 0 saturated heterocycles. The van der Waals surface area contributed by atoms with Crippen LogP contribution in [0.25, 0.3) is 11.5 Å². The highest BCUT2D eigenvalue weighted by molar-refractivity contribution is 6.04. The first kappa shape index (κ1) is 18.5. The molecule has 2 aliphatic rings. The summed E-state index contributed by atoms with van der Waals surface area (Å²) in [5.74, 6) is 0.570. The molecule has 8 nitrogen and oxygen atoms in total. The van der Waals surface area contributed by atoms with Gasteiger partial charge in [0.1, 0.15) is 11.8 Å². The molecule has 2 aromatic heterocycles. The molecular formula is C20H25N7O. The molecule has 2 aromatic rings. The number of rotatable bonds is 2. The molecule has 8 heteroatoms. The molecule has 4 rings (SSSR count). The number of ketones is 1. The Morgan fingerprint density at radius 2 is 2.00 bits per heavy atom. The highest BCUT2D eigenvalue weighted by Crippen LogP contribution is 2.55. The van der Waals surface area contributed by atoms with Gasteiger partial charge >= 0.3 is 0 Å². The van der Waals surface area contributed by atoms with Crippen molar-refractivity contribution in [2.45, 2.75) is 58.9 Å². The highest BCUT2D eigenvalue weighted by atomic mass is 16.1. The fourth-order valence-electron chi connectivity index (χ4n) is 5.04. The number of Topliss-reactive ketones (excluding diaryl/α,β-unsaturated/α-hetero) is 1. The van der Waals surface area contributed by atoms with Gasteiger partial charge in [-0.2, -0.15) is 15.2 Å². The summed E-state index contributed by atoms with van der Waals surface area (Å²) in [5, 5.41) is 27.3. The van der Waals surface area contributed by atoms with E-state index in [1.165, 1.54) is 0 Å². The van der Waals surface area contributed by atoms with Crippen LogP contribution < -0.4 is 0 Å². The Morgan fingerprint density at radius 1 is 1.29 bits per heavy atom. The van der Waals surface area contributed by atoms with Gasteiger partial charge in [-0.3, -0.25) is 9.48 Å². The largest absolute Gasteiger partial charge is 0.293 e. The van der Waals surface area contributed by atoms with Crippen LogP contribution in [-0.4, -0.2) is 35.8 Å². The van der Waals surface area contributed by atoms with E-state index in [2.05, 4.69) is 28.4 Å². The van der Waals surface area contributed by atoms with Crippen LogP contribution in [0.15, 0.2) is 11.6 Å². The van der Waals surface area contributed by atoms with Crippen LogP contribution in [0.2, 0.25) is 0 Å². The van der Waals surface area contributed by atoms with Crippen molar-refractivity contribution >= 4 is 5.78 Å². The van der Waals surface area contributed by atoms with E-state index in [0.717, 1.165) is 29.8 Å². The van der Waals surface area contributed by atoms with Gasteiger partial charge in [0.25, 0.3) is 0 Å². The molecule has 0 unspecified atom stereocenters. The van der Waals surface area contributed by atoms with Crippen molar-refractivity contribution in [3.05, 3.63) is 22.9 Å².